The summed E-state index contributed by atoms with van der Waals surface area (Å²) >= 11 is 0. The van der Waals surface area contributed by atoms with Gasteiger partial charge in [-0.3, -0.25) is 0 Å². The van der Waals surface area contributed by atoms with E-state index in [1.807, 2.05) is 0 Å². The van der Waals surface area contributed by atoms with Crippen LogP contribution in [-0.4, -0.2) is 0 Å². The van der Waals surface area contributed by atoms with Crippen LogP contribution in [0.4, 0.5) is 0 Å². The van der Waals surface area contributed by atoms with Crippen LogP contribution < -0.4 is 0 Å². The standard InChI is InChI=1S/C16H26/c1-5-7-8-10-16-14(4)13(3)11-12-15(16)9-6-2/h11-12H,5-10H2,1-4H3. The first-order valence-corrected chi connectivity index (χ1v) is 6.78. The van der Waals surface area contributed by atoms with Crippen LogP contribution >= 0.6 is 0 Å². The predicted molar refractivity (Wildman–Crippen MR) is 73.1 cm³/mol. The van der Waals surface area contributed by atoms with E-state index in [4.69, 9.17) is 0 Å². The van der Waals surface area contributed by atoms with Crippen LogP contribution in [0.25, 0.3) is 0 Å². The van der Waals surface area contributed by atoms with Crippen LogP contribution in [0.3, 0.4) is 0 Å². The van der Waals surface area contributed by atoms with Gasteiger partial charge in [0.25, 0.3) is 0 Å². The maximum atomic E-state index is 2.34. The molecule has 0 aromatic heterocycles. The van der Waals surface area contributed by atoms with Gasteiger partial charge in [0.2, 0.25) is 0 Å². The molecule has 0 saturated heterocycles. The number of unbranched alkanes of at least 4 members (excludes halogenated alkanes) is 2. The van der Waals surface area contributed by atoms with E-state index in [2.05, 4.69) is 39.8 Å². The van der Waals surface area contributed by atoms with E-state index < -0.39 is 0 Å². The predicted octanol–water partition coefficient (Wildman–Crippen LogP) is 4.99. The van der Waals surface area contributed by atoms with Crippen molar-refractivity contribution in [3.63, 3.8) is 0 Å². The molecule has 1 aromatic rings. The molecule has 0 nitrogen and oxygen atoms in total. The van der Waals surface area contributed by atoms with Gasteiger partial charge in [-0.1, -0.05) is 45.2 Å². The number of hydrogen-bond acceptors (Lipinski definition) is 0. The molecule has 90 valence electrons. The molecule has 0 atom stereocenters. The Morgan fingerprint density at radius 1 is 0.875 bits per heavy atom. The minimum atomic E-state index is 1.24. The number of aryl methyl sites for hydroxylation is 2. The number of rotatable bonds is 6. The Bertz CT molecular complexity index is 323. The molecule has 0 spiro atoms. The van der Waals surface area contributed by atoms with Crippen molar-refractivity contribution in [2.24, 2.45) is 0 Å². The Labute approximate surface area is 101 Å². The molecule has 0 unspecified atom stereocenters. The van der Waals surface area contributed by atoms with Gasteiger partial charge in [-0.05, 0) is 55.4 Å². The quantitative estimate of drug-likeness (QED) is 0.590. The second-order valence-corrected chi connectivity index (χ2v) is 4.85. The fourth-order valence-corrected chi connectivity index (χ4v) is 2.33. The smallest absolute Gasteiger partial charge is 0.0273 e. The summed E-state index contributed by atoms with van der Waals surface area (Å²) in [7, 11) is 0. The van der Waals surface area contributed by atoms with E-state index in [1.54, 1.807) is 11.1 Å². The summed E-state index contributed by atoms with van der Waals surface area (Å²) in [6.45, 7) is 9.06. The fourth-order valence-electron chi connectivity index (χ4n) is 2.33. The minimum absolute atomic E-state index is 1.24. The highest BCUT2D eigenvalue weighted by molar-refractivity contribution is 5.40. The first-order chi connectivity index (χ1) is 7.70. The van der Waals surface area contributed by atoms with Crippen molar-refractivity contribution in [3.8, 4) is 0 Å². The summed E-state index contributed by atoms with van der Waals surface area (Å²) in [6, 6.07) is 4.62. The van der Waals surface area contributed by atoms with Gasteiger partial charge in [-0.25, -0.2) is 0 Å². The lowest BCUT2D eigenvalue weighted by atomic mass is 9.91. The summed E-state index contributed by atoms with van der Waals surface area (Å²) in [4.78, 5) is 0. The second-order valence-electron chi connectivity index (χ2n) is 4.85. The average Bonchev–Trinajstić information content (AvgIpc) is 2.28. The van der Waals surface area contributed by atoms with Crippen LogP contribution in [0, 0.1) is 13.8 Å². The summed E-state index contributed by atoms with van der Waals surface area (Å²) in [5, 5.41) is 0. The molecule has 0 amide bonds. The van der Waals surface area contributed by atoms with Crippen molar-refractivity contribution in [1.82, 2.24) is 0 Å². The topological polar surface area (TPSA) is 0 Å². The van der Waals surface area contributed by atoms with Gasteiger partial charge < -0.3 is 0 Å². The Morgan fingerprint density at radius 2 is 1.62 bits per heavy atom. The zero-order valence-electron chi connectivity index (χ0n) is 11.4. The molecule has 0 radical (unpaired) electrons. The van der Waals surface area contributed by atoms with Gasteiger partial charge >= 0.3 is 0 Å². The van der Waals surface area contributed by atoms with Gasteiger partial charge in [0.05, 0.1) is 0 Å². The molecule has 0 saturated carbocycles. The third-order valence-corrected chi connectivity index (χ3v) is 3.52. The molecule has 16 heavy (non-hydrogen) atoms. The SMILES string of the molecule is CCCCCc1c(CCC)ccc(C)c1C. The van der Waals surface area contributed by atoms with Crippen LogP contribution in [-0.2, 0) is 12.8 Å². The van der Waals surface area contributed by atoms with Crippen molar-refractivity contribution in [1.29, 1.82) is 0 Å². The van der Waals surface area contributed by atoms with E-state index >= 15 is 0 Å². The number of benzene rings is 1. The average molecular weight is 218 g/mol. The first kappa shape index (κ1) is 13.3. The van der Waals surface area contributed by atoms with Gasteiger partial charge in [-0.2, -0.15) is 0 Å². The maximum absolute atomic E-state index is 2.34. The normalized spacial score (nSPS) is 10.8. The van der Waals surface area contributed by atoms with Gasteiger partial charge in [0, 0.05) is 0 Å². The lowest BCUT2D eigenvalue weighted by Gasteiger charge is -2.14. The molecular formula is C16H26. The van der Waals surface area contributed by atoms with Crippen molar-refractivity contribution >= 4 is 0 Å². The Balaban J connectivity index is 2.87. The molecule has 0 heteroatoms. The van der Waals surface area contributed by atoms with E-state index in [9.17, 15) is 0 Å². The Kier molecular flexibility index (Phi) is 5.59. The van der Waals surface area contributed by atoms with Gasteiger partial charge in [-0.15, -0.1) is 0 Å². The fraction of sp³-hybridized carbons (Fsp3) is 0.625. The molecule has 0 fully saturated rings. The molecule has 0 bridgehead atoms. The maximum Gasteiger partial charge on any atom is -0.0273 e. The molecule has 0 heterocycles. The summed E-state index contributed by atoms with van der Waals surface area (Å²) in [6.07, 6.45) is 7.78. The van der Waals surface area contributed by atoms with E-state index in [0.717, 1.165) is 0 Å². The lowest BCUT2D eigenvalue weighted by Crippen LogP contribution is -2.00. The monoisotopic (exact) mass is 218 g/mol. The molecule has 0 N–H and O–H groups in total. The van der Waals surface area contributed by atoms with Crippen LogP contribution in [0.2, 0.25) is 0 Å². The molecule has 1 rings (SSSR count). The lowest BCUT2D eigenvalue weighted by molar-refractivity contribution is 0.708. The molecule has 0 aliphatic heterocycles. The van der Waals surface area contributed by atoms with E-state index in [1.165, 1.54) is 49.7 Å². The van der Waals surface area contributed by atoms with Crippen LogP contribution in [0.5, 0.6) is 0 Å². The Hall–Kier alpha value is -0.780. The third kappa shape index (κ3) is 3.37. The molecule has 1 aromatic carbocycles. The van der Waals surface area contributed by atoms with Gasteiger partial charge in [0.15, 0.2) is 0 Å². The largest absolute Gasteiger partial charge is 0.0654 e. The molecule has 0 aliphatic rings. The zero-order valence-corrected chi connectivity index (χ0v) is 11.4. The van der Waals surface area contributed by atoms with Gasteiger partial charge in [0.1, 0.15) is 0 Å². The second kappa shape index (κ2) is 6.73. The van der Waals surface area contributed by atoms with E-state index in [-0.39, 0.29) is 0 Å². The highest BCUT2D eigenvalue weighted by Crippen LogP contribution is 2.22. The van der Waals surface area contributed by atoms with Crippen LogP contribution in [0.15, 0.2) is 12.1 Å². The van der Waals surface area contributed by atoms with Crippen molar-refractivity contribution in [2.45, 2.75) is 66.2 Å². The minimum Gasteiger partial charge on any atom is -0.0654 e. The van der Waals surface area contributed by atoms with Crippen molar-refractivity contribution in [2.75, 3.05) is 0 Å². The summed E-state index contributed by atoms with van der Waals surface area (Å²) in [5.74, 6) is 0. The third-order valence-electron chi connectivity index (χ3n) is 3.52. The summed E-state index contributed by atoms with van der Waals surface area (Å²) in [5.41, 5.74) is 6.20. The summed E-state index contributed by atoms with van der Waals surface area (Å²) < 4.78 is 0. The van der Waals surface area contributed by atoms with Crippen LogP contribution in [0.1, 0.15) is 61.8 Å². The van der Waals surface area contributed by atoms with Crippen molar-refractivity contribution < 1.29 is 0 Å². The highest BCUT2D eigenvalue weighted by Gasteiger charge is 2.06. The molecule has 0 aliphatic carbocycles. The zero-order chi connectivity index (χ0) is 12.0. The molecular weight excluding hydrogens is 192 g/mol. The highest BCUT2D eigenvalue weighted by atomic mass is 14.1. The first-order valence-electron chi connectivity index (χ1n) is 6.78. The Morgan fingerprint density at radius 3 is 2.25 bits per heavy atom. The van der Waals surface area contributed by atoms with E-state index in [0.29, 0.717) is 0 Å². The van der Waals surface area contributed by atoms with Crippen molar-refractivity contribution in [3.05, 3.63) is 34.4 Å². The number of hydrogen-bond donors (Lipinski definition) is 0.